The van der Waals surface area contributed by atoms with Gasteiger partial charge in [0.2, 0.25) is 0 Å². The second kappa shape index (κ2) is 7.25. The van der Waals surface area contributed by atoms with Crippen molar-refractivity contribution >= 4 is 37.3 Å². The van der Waals surface area contributed by atoms with Crippen LogP contribution in [0.4, 0.5) is 5.69 Å². The number of anilines is 1. The number of aryl methyl sites for hydroxylation is 1. The molecule has 0 spiro atoms. The standard InChI is InChI=1S/C19H22N2O3S2/c1-4-11-21-17-10-9-14(12-18(17)25-19(21)22)26(23,24)20-16-8-6-5-7-15(16)13(2)3/h5-10,12-13,20H,4,11H2,1-3H3. The minimum Gasteiger partial charge on any atom is -0.299 e. The molecule has 7 heteroatoms. The normalized spacial score (nSPS) is 12.0. The zero-order chi connectivity index (χ0) is 18.9. The summed E-state index contributed by atoms with van der Waals surface area (Å²) >= 11 is 1.08. The van der Waals surface area contributed by atoms with Crippen LogP contribution in [-0.2, 0) is 16.6 Å². The first-order chi connectivity index (χ1) is 12.3. The van der Waals surface area contributed by atoms with Gasteiger partial charge in [-0.1, -0.05) is 50.3 Å². The van der Waals surface area contributed by atoms with Crippen LogP contribution in [0.3, 0.4) is 0 Å². The Morgan fingerprint density at radius 3 is 2.58 bits per heavy atom. The number of rotatable bonds is 6. The molecule has 0 amide bonds. The Bertz CT molecular complexity index is 1100. The van der Waals surface area contributed by atoms with Gasteiger partial charge in [-0.2, -0.15) is 0 Å². The molecule has 26 heavy (non-hydrogen) atoms. The summed E-state index contributed by atoms with van der Waals surface area (Å²) in [4.78, 5) is 12.2. The second-order valence-corrected chi connectivity index (χ2v) is 9.17. The molecule has 0 aliphatic carbocycles. The lowest BCUT2D eigenvalue weighted by Gasteiger charge is -2.15. The summed E-state index contributed by atoms with van der Waals surface area (Å²) in [5.74, 6) is 0.199. The third-order valence-corrected chi connectivity index (χ3v) is 6.53. The van der Waals surface area contributed by atoms with Crippen LogP contribution in [0.2, 0.25) is 0 Å². The van der Waals surface area contributed by atoms with E-state index >= 15 is 0 Å². The van der Waals surface area contributed by atoms with E-state index in [1.807, 2.05) is 39.0 Å². The van der Waals surface area contributed by atoms with Gasteiger partial charge in [0, 0.05) is 6.54 Å². The van der Waals surface area contributed by atoms with E-state index in [2.05, 4.69) is 4.72 Å². The number of sulfonamides is 1. The molecule has 0 saturated carbocycles. The molecule has 2 aromatic carbocycles. The predicted octanol–water partition coefficient (Wildman–Crippen LogP) is 4.40. The van der Waals surface area contributed by atoms with E-state index in [4.69, 9.17) is 0 Å². The Labute approximate surface area is 157 Å². The molecule has 3 rings (SSSR count). The van der Waals surface area contributed by atoms with Crippen molar-refractivity contribution in [1.82, 2.24) is 4.57 Å². The van der Waals surface area contributed by atoms with Gasteiger partial charge in [-0.25, -0.2) is 8.42 Å². The van der Waals surface area contributed by atoms with Crippen LogP contribution in [0.1, 0.15) is 38.7 Å². The van der Waals surface area contributed by atoms with Crippen molar-refractivity contribution in [2.75, 3.05) is 4.72 Å². The molecular weight excluding hydrogens is 368 g/mol. The fraction of sp³-hybridized carbons (Fsp3) is 0.316. The lowest BCUT2D eigenvalue weighted by Crippen LogP contribution is -2.14. The SMILES string of the molecule is CCCn1c(=O)sc2cc(S(=O)(=O)Nc3ccccc3C(C)C)ccc21. The van der Waals surface area contributed by atoms with E-state index in [0.717, 1.165) is 28.8 Å². The molecule has 5 nitrogen and oxygen atoms in total. The van der Waals surface area contributed by atoms with Gasteiger partial charge in [-0.15, -0.1) is 0 Å². The average molecular weight is 391 g/mol. The molecule has 0 fully saturated rings. The average Bonchev–Trinajstić information content (AvgIpc) is 2.90. The Kier molecular flexibility index (Phi) is 5.20. The zero-order valence-corrected chi connectivity index (χ0v) is 16.7. The summed E-state index contributed by atoms with van der Waals surface area (Å²) in [5, 5.41) is 0. The van der Waals surface area contributed by atoms with E-state index in [9.17, 15) is 13.2 Å². The van der Waals surface area contributed by atoms with Crippen molar-refractivity contribution in [1.29, 1.82) is 0 Å². The number of nitrogens with one attached hydrogen (secondary N) is 1. The molecule has 3 aromatic rings. The third kappa shape index (κ3) is 3.54. The van der Waals surface area contributed by atoms with Crippen molar-refractivity contribution in [3.05, 3.63) is 57.7 Å². The van der Waals surface area contributed by atoms with E-state index < -0.39 is 10.0 Å². The first-order valence-electron chi connectivity index (χ1n) is 8.58. The summed E-state index contributed by atoms with van der Waals surface area (Å²) < 4.78 is 30.8. The Balaban J connectivity index is 2.01. The minimum atomic E-state index is -3.73. The number of thiazole rings is 1. The highest BCUT2D eigenvalue weighted by Crippen LogP contribution is 2.28. The molecule has 0 aliphatic rings. The first kappa shape index (κ1) is 18.7. The Morgan fingerprint density at radius 1 is 1.15 bits per heavy atom. The maximum atomic E-state index is 12.8. The van der Waals surface area contributed by atoms with E-state index in [1.54, 1.807) is 28.8 Å². The first-order valence-corrected chi connectivity index (χ1v) is 10.9. The van der Waals surface area contributed by atoms with Crippen LogP contribution < -0.4 is 9.60 Å². The van der Waals surface area contributed by atoms with Crippen molar-refractivity contribution in [2.45, 2.75) is 44.6 Å². The minimum absolute atomic E-state index is 0.0606. The van der Waals surface area contributed by atoms with Gasteiger partial charge in [0.25, 0.3) is 10.0 Å². The number of para-hydroxylation sites is 1. The van der Waals surface area contributed by atoms with Crippen molar-refractivity contribution in [3.8, 4) is 0 Å². The quantitative estimate of drug-likeness (QED) is 0.678. The van der Waals surface area contributed by atoms with Crippen LogP contribution in [0.15, 0.2) is 52.2 Å². The van der Waals surface area contributed by atoms with E-state index in [-0.39, 0.29) is 15.7 Å². The Hall–Kier alpha value is -2.12. The largest absolute Gasteiger partial charge is 0.308 e. The highest BCUT2D eigenvalue weighted by Gasteiger charge is 2.18. The molecule has 0 saturated heterocycles. The summed E-state index contributed by atoms with van der Waals surface area (Å²) in [7, 11) is -3.73. The second-order valence-electron chi connectivity index (χ2n) is 6.50. The van der Waals surface area contributed by atoms with Gasteiger partial charge >= 0.3 is 4.87 Å². The fourth-order valence-corrected chi connectivity index (χ4v) is 5.09. The van der Waals surface area contributed by atoms with Crippen LogP contribution >= 0.6 is 11.3 Å². The number of aromatic nitrogens is 1. The van der Waals surface area contributed by atoms with Crippen molar-refractivity contribution in [2.24, 2.45) is 0 Å². The van der Waals surface area contributed by atoms with Crippen molar-refractivity contribution < 1.29 is 8.42 Å². The maximum absolute atomic E-state index is 12.8. The van der Waals surface area contributed by atoms with Gasteiger partial charge in [-0.3, -0.25) is 14.1 Å². The summed E-state index contributed by atoms with van der Waals surface area (Å²) in [6.45, 7) is 6.68. The maximum Gasteiger partial charge on any atom is 0.308 e. The monoisotopic (exact) mass is 390 g/mol. The molecule has 0 radical (unpaired) electrons. The Morgan fingerprint density at radius 2 is 1.88 bits per heavy atom. The topological polar surface area (TPSA) is 68.2 Å². The highest BCUT2D eigenvalue weighted by atomic mass is 32.2. The number of fused-ring (bicyclic) bond motifs is 1. The molecule has 138 valence electrons. The smallest absolute Gasteiger partial charge is 0.299 e. The fourth-order valence-electron chi connectivity index (χ4n) is 2.95. The third-order valence-electron chi connectivity index (χ3n) is 4.22. The lowest BCUT2D eigenvalue weighted by molar-refractivity contribution is 0.601. The summed E-state index contributed by atoms with van der Waals surface area (Å²) in [6, 6.07) is 12.2. The molecule has 1 heterocycles. The summed E-state index contributed by atoms with van der Waals surface area (Å²) in [6.07, 6.45) is 0.847. The van der Waals surface area contributed by atoms with E-state index in [1.165, 1.54) is 0 Å². The summed E-state index contributed by atoms with van der Waals surface area (Å²) in [5.41, 5.74) is 2.30. The zero-order valence-electron chi connectivity index (χ0n) is 15.0. The number of benzene rings is 2. The van der Waals surface area contributed by atoms with Crippen LogP contribution in [0, 0.1) is 0 Å². The number of nitrogens with zero attached hydrogens (tertiary/aromatic N) is 1. The molecule has 1 N–H and O–H groups in total. The van der Waals surface area contributed by atoms with Crippen molar-refractivity contribution in [3.63, 3.8) is 0 Å². The van der Waals surface area contributed by atoms with Crippen LogP contribution in [-0.4, -0.2) is 13.0 Å². The van der Waals surface area contributed by atoms with Gasteiger partial charge < -0.3 is 0 Å². The number of hydrogen-bond acceptors (Lipinski definition) is 4. The molecule has 0 unspecified atom stereocenters. The van der Waals surface area contributed by atoms with E-state index in [0.29, 0.717) is 16.9 Å². The molecular formula is C19H22N2O3S2. The van der Waals surface area contributed by atoms with Gasteiger partial charge in [0.15, 0.2) is 0 Å². The van der Waals surface area contributed by atoms with Gasteiger partial charge in [0.1, 0.15) is 0 Å². The van der Waals surface area contributed by atoms with Crippen LogP contribution in [0.25, 0.3) is 10.2 Å². The van der Waals surface area contributed by atoms with Gasteiger partial charge in [0.05, 0.1) is 20.8 Å². The lowest BCUT2D eigenvalue weighted by atomic mass is 10.0. The molecule has 0 atom stereocenters. The predicted molar refractivity (Wildman–Crippen MR) is 108 cm³/mol. The molecule has 0 aliphatic heterocycles. The molecule has 0 bridgehead atoms. The highest BCUT2D eigenvalue weighted by molar-refractivity contribution is 7.92. The van der Waals surface area contributed by atoms with Gasteiger partial charge in [-0.05, 0) is 42.2 Å². The number of hydrogen-bond donors (Lipinski definition) is 1. The van der Waals surface area contributed by atoms with Crippen LogP contribution in [0.5, 0.6) is 0 Å². The molecule has 1 aromatic heterocycles.